The fourth-order valence-corrected chi connectivity index (χ4v) is 4.39. The minimum absolute atomic E-state index is 0.106. The Kier molecular flexibility index (Phi) is 8.85. The van der Waals surface area contributed by atoms with Crippen molar-refractivity contribution in [2.75, 3.05) is 6.61 Å². The van der Waals surface area contributed by atoms with E-state index in [4.69, 9.17) is 4.74 Å². The number of rotatable bonds is 12. The summed E-state index contributed by atoms with van der Waals surface area (Å²) in [5, 5.41) is 17.9. The Morgan fingerprint density at radius 1 is 1.06 bits per heavy atom. The minimum atomic E-state index is -0.890. The van der Waals surface area contributed by atoms with Crippen LogP contribution in [0.25, 0.3) is 0 Å². The van der Waals surface area contributed by atoms with Crippen LogP contribution >= 0.6 is 0 Å². The van der Waals surface area contributed by atoms with Gasteiger partial charge in [-0.1, -0.05) is 57.2 Å². The zero-order valence-electron chi connectivity index (χ0n) is 20.3. The molecule has 1 aliphatic carbocycles. The van der Waals surface area contributed by atoms with E-state index < -0.39 is 16.8 Å². The van der Waals surface area contributed by atoms with Gasteiger partial charge in [0, 0.05) is 34.6 Å². The molecule has 0 bridgehead atoms. The molecule has 2 N–H and O–H groups in total. The van der Waals surface area contributed by atoms with Crippen LogP contribution in [-0.2, 0) is 14.3 Å². The number of amides is 1. The normalized spacial score (nSPS) is 17.9. The molecular weight excluding hydrogens is 434 g/mol. The van der Waals surface area contributed by atoms with Crippen molar-refractivity contribution in [3.63, 3.8) is 0 Å². The van der Waals surface area contributed by atoms with Gasteiger partial charge in [0.2, 0.25) is 5.91 Å². The maximum absolute atomic E-state index is 13.3. The Bertz CT molecular complexity index is 994. The average Bonchev–Trinajstić information content (AvgIpc) is 3.61. The van der Waals surface area contributed by atoms with Gasteiger partial charge in [0.15, 0.2) is 0 Å². The van der Waals surface area contributed by atoms with E-state index in [0.717, 1.165) is 32.1 Å². The molecule has 0 aromatic heterocycles. The molecule has 1 aliphatic heterocycles. The maximum Gasteiger partial charge on any atom is 0.336 e. The number of benzene rings is 1. The number of nitrogens with one attached hydrogen (secondary N) is 2. The zero-order chi connectivity index (χ0) is 24.7. The Morgan fingerprint density at radius 2 is 1.71 bits per heavy atom. The van der Waals surface area contributed by atoms with Crippen LogP contribution in [0, 0.1) is 10.1 Å². The molecule has 1 atom stereocenters. The van der Waals surface area contributed by atoms with E-state index in [1.807, 2.05) is 0 Å². The predicted molar refractivity (Wildman–Crippen MR) is 130 cm³/mol. The van der Waals surface area contributed by atoms with Gasteiger partial charge in [-0.25, -0.2) is 4.79 Å². The first-order valence-electron chi connectivity index (χ1n) is 12.2. The highest BCUT2D eigenvalue weighted by Crippen LogP contribution is 2.42. The van der Waals surface area contributed by atoms with Crippen LogP contribution in [0.4, 0.5) is 5.69 Å². The first-order valence-corrected chi connectivity index (χ1v) is 12.2. The fourth-order valence-electron chi connectivity index (χ4n) is 4.39. The van der Waals surface area contributed by atoms with E-state index in [1.165, 1.54) is 25.3 Å². The molecule has 0 radical (unpaired) electrons. The van der Waals surface area contributed by atoms with Crippen molar-refractivity contribution in [1.82, 2.24) is 10.6 Å². The molecular formula is C26H35N3O5. The molecule has 1 fully saturated rings. The van der Waals surface area contributed by atoms with Gasteiger partial charge in [-0.05, 0) is 33.1 Å². The van der Waals surface area contributed by atoms with Gasteiger partial charge < -0.3 is 15.4 Å². The number of hydrogen-bond acceptors (Lipinski definition) is 6. The number of para-hydroxylation sites is 1. The SMILES string of the molecule is CCCCCCCCOC(=O)C1=C(C)NC(C)=C(C(=O)NC2CC2)C1c1ccccc1[N+](=O)[O-]. The summed E-state index contributed by atoms with van der Waals surface area (Å²) in [6, 6.07) is 6.38. The molecule has 0 spiro atoms. The summed E-state index contributed by atoms with van der Waals surface area (Å²) in [5.41, 5.74) is 1.85. The smallest absolute Gasteiger partial charge is 0.336 e. The van der Waals surface area contributed by atoms with E-state index in [2.05, 4.69) is 17.6 Å². The van der Waals surface area contributed by atoms with Crippen LogP contribution in [0.1, 0.15) is 83.6 Å². The zero-order valence-corrected chi connectivity index (χ0v) is 20.3. The summed E-state index contributed by atoms with van der Waals surface area (Å²) in [6.07, 6.45) is 8.19. The van der Waals surface area contributed by atoms with Gasteiger partial charge in [0.1, 0.15) is 0 Å². The van der Waals surface area contributed by atoms with Crippen molar-refractivity contribution in [1.29, 1.82) is 0 Å². The summed E-state index contributed by atoms with van der Waals surface area (Å²) in [4.78, 5) is 37.9. The quantitative estimate of drug-likeness (QED) is 0.193. The first kappa shape index (κ1) is 25.5. The highest BCUT2D eigenvalue weighted by Gasteiger charge is 2.41. The number of ether oxygens (including phenoxy) is 1. The molecule has 0 saturated heterocycles. The minimum Gasteiger partial charge on any atom is -0.462 e. The third kappa shape index (κ3) is 6.24. The van der Waals surface area contributed by atoms with Gasteiger partial charge in [0.25, 0.3) is 5.69 Å². The maximum atomic E-state index is 13.3. The number of esters is 1. The van der Waals surface area contributed by atoms with Gasteiger partial charge >= 0.3 is 5.97 Å². The Morgan fingerprint density at radius 3 is 2.38 bits per heavy atom. The standard InChI is InChI=1S/C26H35N3O5/c1-4-5-6-7-8-11-16-34-26(31)23-18(3)27-17(2)22(25(30)28-19-14-15-19)24(23)20-12-9-10-13-21(20)29(32)33/h9-10,12-13,19,24,27H,4-8,11,14-16H2,1-3H3,(H,28,30). The lowest BCUT2D eigenvalue weighted by atomic mass is 9.79. The highest BCUT2D eigenvalue weighted by molar-refractivity contribution is 6.02. The fraction of sp³-hybridized carbons (Fsp3) is 0.538. The monoisotopic (exact) mass is 469 g/mol. The van der Waals surface area contributed by atoms with Crippen molar-refractivity contribution in [3.8, 4) is 0 Å². The van der Waals surface area contributed by atoms with E-state index in [9.17, 15) is 19.7 Å². The van der Waals surface area contributed by atoms with Crippen molar-refractivity contribution in [2.45, 2.75) is 84.1 Å². The molecule has 3 rings (SSSR count). The lowest BCUT2D eigenvalue weighted by Gasteiger charge is -2.30. The Labute approximate surface area is 201 Å². The van der Waals surface area contributed by atoms with Crippen molar-refractivity contribution in [2.24, 2.45) is 0 Å². The molecule has 1 heterocycles. The van der Waals surface area contributed by atoms with Gasteiger partial charge in [0.05, 0.1) is 23.0 Å². The number of hydrogen-bond donors (Lipinski definition) is 2. The second kappa shape index (κ2) is 11.8. The second-order valence-electron chi connectivity index (χ2n) is 9.10. The Hall–Kier alpha value is -3.16. The number of carbonyl (C=O) groups excluding carboxylic acids is 2. The van der Waals surface area contributed by atoms with Crippen LogP contribution in [0.15, 0.2) is 46.8 Å². The third-order valence-corrected chi connectivity index (χ3v) is 6.31. The van der Waals surface area contributed by atoms with Crippen LogP contribution in [0.5, 0.6) is 0 Å². The lowest BCUT2D eigenvalue weighted by Crippen LogP contribution is -2.37. The van der Waals surface area contributed by atoms with E-state index >= 15 is 0 Å². The van der Waals surface area contributed by atoms with Gasteiger partial charge in [-0.15, -0.1) is 0 Å². The van der Waals surface area contributed by atoms with Crippen molar-refractivity contribution < 1.29 is 19.2 Å². The van der Waals surface area contributed by atoms with Crippen LogP contribution in [0.2, 0.25) is 0 Å². The molecule has 184 valence electrons. The van der Waals surface area contributed by atoms with Crippen LogP contribution < -0.4 is 10.6 Å². The van der Waals surface area contributed by atoms with E-state index in [0.29, 0.717) is 22.5 Å². The van der Waals surface area contributed by atoms with E-state index in [-0.39, 0.29) is 29.8 Å². The molecule has 1 unspecified atom stereocenters. The molecule has 1 aromatic rings. The number of allylic oxidation sites excluding steroid dienone is 2. The molecule has 34 heavy (non-hydrogen) atoms. The number of nitro groups is 1. The summed E-state index contributed by atoms with van der Waals surface area (Å²) < 4.78 is 5.61. The lowest BCUT2D eigenvalue weighted by molar-refractivity contribution is -0.385. The second-order valence-corrected chi connectivity index (χ2v) is 9.10. The van der Waals surface area contributed by atoms with E-state index in [1.54, 1.807) is 32.0 Å². The number of dihydropyridines is 1. The summed E-state index contributed by atoms with van der Waals surface area (Å²) in [5.74, 6) is -1.76. The molecule has 1 amide bonds. The third-order valence-electron chi connectivity index (χ3n) is 6.31. The summed E-state index contributed by atoms with van der Waals surface area (Å²) >= 11 is 0. The number of carbonyl (C=O) groups is 2. The summed E-state index contributed by atoms with van der Waals surface area (Å²) in [7, 11) is 0. The van der Waals surface area contributed by atoms with Gasteiger partial charge in [-0.3, -0.25) is 14.9 Å². The largest absolute Gasteiger partial charge is 0.462 e. The number of unbranched alkanes of at least 4 members (excludes halogenated alkanes) is 5. The van der Waals surface area contributed by atoms with Crippen LogP contribution in [-0.4, -0.2) is 29.4 Å². The van der Waals surface area contributed by atoms with Crippen LogP contribution in [0.3, 0.4) is 0 Å². The van der Waals surface area contributed by atoms with Crippen molar-refractivity contribution in [3.05, 3.63) is 62.5 Å². The average molecular weight is 470 g/mol. The molecule has 1 saturated carbocycles. The molecule has 8 heteroatoms. The van der Waals surface area contributed by atoms with Crippen molar-refractivity contribution >= 4 is 17.6 Å². The van der Waals surface area contributed by atoms with Gasteiger partial charge in [-0.2, -0.15) is 0 Å². The highest BCUT2D eigenvalue weighted by atomic mass is 16.6. The topological polar surface area (TPSA) is 111 Å². The predicted octanol–water partition coefficient (Wildman–Crippen LogP) is 5.01. The number of nitro benzene ring substituents is 1. The number of nitrogens with zero attached hydrogens (tertiary/aromatic N) is 1. The molecule has 1 aromatic carbocycles. The summed E-state index contributed by atoms with van der Waals surface area (Å²) in [6.45, 7) is 5.93. The molecule has 2 aliphatic rings. The molecule has 8 nitrogen and oxygen atoms in total. The Balaban J connectivity index is 1.88. The first-order chi connectivity index (χ1) is 16.3.